The fourth-order valence-corrected chi connectivity index (χ4v) is 4.49. The Bertz CT molecular complexity index is 1600. The average Bonchev–Trinajstić information content (AvgIpc) is 3.35. The fourth-order valence-electron chi connectivity index (χ4n) is 3.51. The number of methoxy groups -OCH3 is 2. The van der Waals surface area contributed by atoms with E-state index in [1.54, 1.807) is 60.1 Å². The van der Waals surface area contributed by atoms with Crippen LogP contribution < -0.4 is 24.3 Å². The monoisotopic (exact) mass is 458 g/mol. The Balaban J connectivity index is 1.47. The maximum Gasteiger partial charge on any atom is 0.343 e. The summed E-state index contributed by atoms with van der Waals surface area (Å²) in [7, 11) is 3.05. The number of benzene rings is 3. The summed E-state index contributed by atoms with van der Waals surface area (Å²) in [6.07, 6.45) is 1.77. The third-order valence-corrected chi connectivity index (χ3v) is 6.13. The zero-order valence-corrected chi connectivity index (χ0v) is 18.6. The van der Waals surface area contributed by atoms with Crippen molar-refractivity contribution in [1.82, 2.24) is 9.38 Å². The van der Waals surface area contributed by atoms with Gasteiger partial charge < -0.3 is 14.2 Å². The zero-order valence-electron chi connectivity index (χ0n) is 17.8. The summed E-state index contributed by atoms with van der Waals surface area (Å²) in [5.74, 6) is 0.797. The van der Waals surface area contributed by atoms with Crippen molar-refractivity contribution in [3.05, 3.63) is 92.7 Å². The Hall–Kier alpha value is -4.17. The number of ether oxygens (including phenoxy) is 3. The van der Waals surface area contributed by atoms with Crippen LogP contribution in [-0.4, -0.2) is 29.6 Å². The number of nitrogens with zero attached hydrogens (tertiary/aromatic N) is 2. The smallest absolute Gasteiger partial charge is 0.343 e. The molecule has 0 aliphatic carbocycles. The molecule has 0 radical (unpaired) electrons. The van der Waals surface area contributed by atoms with Gasteiger partial charge in [0.15, 0.2) is 16.5 Å². The van der Waals surface area contributed by atoms with E-state index in [-0.39, 0.29) is 11.3 Å². The van der Waals surface area contributed by atoms with Gasteiger partial charge in [0, 0.05) is 0 Å². The number of rotatable bonds is 5. The van der Waals surface area contributed by atoms with Crippen molar-refractivity contribution < 1.29 is 19.0 Å². The van der Waals surface area contributed by atoms with Gasteiger partial charge in [-0.2, -0.15) is 0 Å². The number of hydrogen-bond acceptors (Lipinski definition) is 7. The Morgan fingerprint density at radius 2 is 1.76 bits per heavy atom. The highest BCUT2D eigenvalue weighted by atomic mass is 32.1. The van der Waals surface area contributed by atoms with Crippen molar-refractivity contribution in [3.63, 3.8) is 0 Å². The van der Waals surface area contributed by atoms with E-state index in [1.807, 2.05) is 24.3 Å². The summed E-state index contributed by atoms with van der Waals surface area (Å²) < 4.78 is 18.2. The molecule has 33 heavy (non-hydrogen) atoms. The largest absolute Gasteiger partial charge is 0.497 e. The molecular weight excluding hydrogens is 440 g/mol. The van der Waals surface area contributed by atoms with Crippen LogP contribution in [0.4, 0.5) is 0 Å². The number of imidazole rings is 1. The summed E-state index contributed by atoms with van der Waals surface area (Å²) >= 11 is 1.32. The Morgan fingerprint density at radius 3 is 2.52 bits per heavy atom. The van der Waals surface area contributed by atoms with Gasteiger partial charge in [-0.1, -0.05) is 29.5 Å². The molecule has 0 N–H and O–H groups in total. The van der Waals surface area contributed by atoms with Gasteiger partial charge in [-0.25, -0.2) is 14.2 Å². The van der Waals surface area contributed by atoms with E-state index < -0.39 is 5.97 Å². The van der Waals surface area contributed by atoms with E-state index in [9.17, 15) is 9.59 Å². The number of esters is 1. The van der Waals surface area contributed by atoms with Gasteiger partial charge in [0.05, 0.1) is 35.3 Å². The standard InChI is InChI=1S/C25H18N2O5S/c1-30-17-10-8-16(9-11-17)24(29)32-20-12-7-15(13-21(20)31-2)14-22-23(28)27-19-6-4-3-5-18(19)26-25(27)33-22/h3-14H,1-2H3/b22-14-. The van der Waals surface area contributed by atoms with E-state index in [0.29, 0.717) is 26.6 Å². The van der Waals surface area contributed by atoms with Crippen LogP contribution in [0, 0.1) is 0 Å². The highest BCUT2D eigenvalue weighted by molar-refractivity contribution is 7.15. The molecule has 0 atom stereocenters. The van der Waals surface area contributed by atoms with Crippen molar-refractivity contribution in [3.8, 4) is 17.2 Å². The van der Waals surface area contributed by atoms with Crippen molar-refractivity contribution in [1.29, 1.82) is 0 Å². The normalized spacial score (nSPS) is 11.8. The van der Waals surface area contributed by atoms with Crippen LogP contribution in [0.5, 0.6) is 17.2 Å². The number of thiazole rings is 1. The summed E-state index contributed by atoms with van der Waals surface area (Å²) in [5.41, 5.74) is 2.57. The van der Waals surface area contributed by atoms with Crippen LogP contribution in [0.1, 0.15) is 15.9 Å². The van der Waals surface area contributed by atoms with Gasteiger partial charge in [-0.3, -0.25) is 4.79 Å². The van der Waals surface area contributed by atoms with Crippen molar-refractivity contribution in [2.24, 2.45) is 0 Å². The van der Waals surface area contributed by atoms with Gasteiger partial charge in [0.1, 0.15) is 5.75 Å². The lowest BCUT2D eigenvalue weighted by atomic mass is 10.2. The maximum atomic E-state index is 13.0. The molecule has 0 saturated heterocycles. The van der Waals surface area contributed by atoms with E-state index in [0.717, 1.165) is 16.6 Å². The maximum absolute atomic E-state index is 13.0. The molecule has 2 heterocycles. The molecular formula is C25H18N2O5S. The molecule has 5 aromatic rings. The Kier molecular flexibility index (Phi) is 5.27. The minimum Gasteiger partial charge on any atom is -0.497 e. The van der Waals surface area contributed by atoms with Crippen molar-refractivity contribution in [2.45, 2.75) is 0 Å². The summed E-state index contributed by atoms with van der Waals surface area (Å²) in [4.78, 5) is 30.6. The lowest BCUT2D eigenvalue weighted by Crippen LogP contribution is -2.22. The van der Waals surface area contributed by atoms with Gasteiger partial charge in [0.2, 0.25) is 0 Å². The lowest BCUT2D eigenvalue weighted by molar-refractivity contribution is 0.0729. The van der Waals surface area contributed by atoms with E-state index in [4.69, 9.17) is 14.2 Å². The molecule has 2 aromatic heterocycles. The number of carbonyl (C=O) groups is 1. The molecule has 0 aliphatic heterocycles. The zero-order chi connectivity index (χ0) is 22.9. The van der Waals surface area contributed by atoms with Gasteiger partial charge >= 0.3 is 5.97 Å². The molecule has 0 fully saturated rings. The van der Waals surface area contributed by atoms with E-state index in [2.05, 4.69) is 4.98 Å². The topological polar surface area (TPSA) is 79.1 Å². The highest BCUT2D eigenvalue weighted by Crippen LogP contribution is 2.29. The number of carbonyl (C=O) groups excluding carboxylic acids is 1. The predicted molar refractivity (Wildman–Crippen MR) is 127 cm³/mol. The summed E-state index contributed by atoms with van der Waals surface area (Å²) in [6, 6.07) is 19.3. The fraction of sp³-hybridized carbons (Fsp3) is 0.0800. The molecule has 8 heteroatoms. The number of para-hydroxylation sites is 2. The first-order chi connectivity index (χ1) is 16.1. The minimum atomic E-state index is -0.513. The average molecular weight is 458 g/mol. The third-order valence-electron chi connectivity index (χ3n) is 5.16. The van der Waals surface area contributed by atoms with E-state index in [1.165, 1.54) is 18.4 Å². The SMILES string of the molecule is COc1ccc(C(=O)Oc2ccc(/C=c3\sc4nc5ccccc5n4c3=O)cc2OC)cc1. The molecule has 164 valence electrons. The second kappa shape index (κ2) is 8.40. The number of aromatic nitrogens is 2. The highest BCUT2D eigenvalue weighted by Gasteiger charge is 2.14. The van der Waals surface area contributed by atoms with Crippen molar-refractivity contribution in [2.75, 3.05) is 14.2 Å². The molecule has 0 unspecified atom stereocenters. The lowest BCUT2D eigenvalue weighted by Gasteiger charge is -2.10. The number of fused-ring (bicyclic) bond motifs is 3. The summed E-state index contributed by atoms with van der Waals surface area (Å²) in [5, 5.41) is 0. The predicted octanol–water partition coefficient (Wildman–Crippen LogP) is 3.69. The van der Waals surface area contributed by atoms with Crippen molar-refractivity contribution >= 4 is 39.4 Å². The van der Waals surface area contributed by atoms with Crippen LogP contribution in [0.2, 0.25) is 0 Å². The van der Waals surface area contributed by atoms with Crippen LogP contribution in [0.3, 0.4) is 0 Å². The molecule has 0 bridgehead atoms. The first-order valence-corrected chi connectivity index (χ1v) is 10.8. The Morgan fingerprint density at radius 1 is 0.970 bits per heavy atom. The first-order valence-electron chi connectivity index (χ1n) is 10.0. The van der Waals surface area contributed by atoms with Crippen LogP contribution in [0.25, 0.3) is 22.1 Å². The second-order valence-corrected chi connectivity index (χ2v) is 8.17. The molecule has 0 amide bonds. The third kappa shape index (κ3) is 3.81. The molecule has 0 spiro atoms. The van der Waals surface area contributed by atoms with Gasteiger partial charge in [0.25, 0.3) is 5.56 Å². The quantitative estimate of drug-likeness (QED) is 0.295. The van der Waals surface area contributed by atoms with Crippen LogP contribution in [0.15, 0.2) is 71.5 Å². The van der Waals surface area contributed by atoms with Gasteiger partial charge in [-0.05, 0) is 60.2 Å². The first kappa shape index (κ1) is 20.7. The van der Waals surface area contributed by atoms with Crippen LogP contribution in [-0.2, 0) is 0 Å². The molecule has 0 aliphatic rings. The Labute approximate surface area is 192 Å². The molecule has 7 nitrogen and oxygen atoms in total. The molecule has 5 rings (SSSR count). The minimum absolute atomic E-state index is 0.127. The number of hydrogen-bond donors (Lipinski definition) is 0. The van der Waals surface area contributed by atoms with Crippen LogP contribution >= 0.6 is 11.3 Å². The van der Waals surface area contributed by atoms with E-state index >= 15 is 0 Å². The molecule has 3 aromatic carbocycles. The van der Waals surface area contributed by atoms with Gasteiger partial charge in [-0.15, -0.1) is 0 Å². The summed E-state index contributed by atoms with van der Waals surface area (Å²) in [6.45, 7) is 0. The molecule has 0 saturated carbocycles. The second-order valence-electron chi connectivity index (χ2n) is 7.16.